The molecule has 1 aliphatic heterocycles. The zero-order valence-electron chi connectivity index (χ0n) is 13.9. The van der Waals surface area contributed by atoms with Crippen molar-refractivity contribution in [2.24, 2.45) is 0 Å². The summed E-state index contributed by atoms with van der Waals surface area (Å²) in [5.41, 5.74) is 5.06. The van der Waals surface area contributed by atoms with Gasteiger partial charge < -0.3 is 15.4 Å². The summed E-state index contributed by atoms with van der Waals surface area (Å²) in [6.45, 7) is 0.394. The van der Waals surface area contributed by atoms with Crippen LogP contribution in [0.4, 0.5) is 17.1 Å². The molecule has 0 atom stereocenters. The number of rotatable bonds is 3. The zero-order chi connectivity index (χ0) is 17.2. The van der Waals surface area contributed by atoms with Crippen LogP contribution in [-0.2, 0) is 6.61 Å². The maximum absolute atomic E-state index is 12.8. The highest BCUT2D eigenvalue weighted by Crippen LogP contribution is 2.33. The number of para-hydroxylation sites is 2. The van der Waals surface area contributed by atoms with Gasteiger partial charge in [-0.2, -0.15) is 0 Å². The topological polar surface area (TPSA) is 50.4 Å². The third-order valence-electron chi connectivity index (χ3n) is 4.35. The summed E-state index contributed by atoms with van der Waals surface area (Å²) in [6, 6.07) is 21.2. The van der Waals surface area contributed by atoms with Crippen molar-refractivity contribution in [3.05, 3.63) is 83.4 Å². The Morgan fingerprint density at radius 3 is 2.48 bits per heavy atom. The van der Waals surface area contributed by atoms with E-state index in [2.05, 4.69) is 10.6 Å². The molecule has 4 heteroatoms. The second-order valence-corrected chi connectivity index (χ2v) is 5.91. The minimum absolute atomic E-state index is 0.00488. The van der Waals surface area contributed by atoms with Gasteiger partial charge in [-0.15, -0.1) is 0 Å². The highest BCUT2D eigenvalue weighted by molar-refractivity contribution is 6.12. The molecule has 4 rings (SSSR count). The molecule has 0 unspecified atom stereocenters. The van der Waals surface area contributed by atoms with Crippen LogP contribution in [0, 0.1) is 0 Å². The molecule has 25 heavy (non-hydrogen) atoms. The predicted octanol–water partition coefficient (Wildman–Crippen LogP) is 4.60. The van der Waals surface area contributed by atoms with E-state index in [1.165, 1.54) is 0 Å². The van der Waals surface area contributed by atoms with Gasteiger partial charge in [0.15, 0.2) is 5.78 Å². The van der Waals surface area contributed by atoms with E-state index in [-0.39, 0.29) is 5.78 Å². The van der Waals surface area contributed by atoms with Crippen LogP contribution in [0.1, 0.15) is 21.5 Å². The number of carbonyl (C=O) groups is 1. The Bertz CT molecular complexity index is 950. The van der Waals surface area contributed by atoms with Crippen LogP contribution in [0.15, 0.2) is 66.7 Å². The standard InChI is InChI=1S/C21H18N2O2/c1-22-18-8-4-5-9-19(18)23-15-10-11-17-20(12-15)25-13-14-6-2-3-7-16(14)21(17)24/h2-12,22-23H,13H2,1H3. The minimum Gasteiger partial charge on any atom is -0.488 e. The van der Waals surface area contributed by atoms with Gasteiger partial charge in [0.2, 0.25) is 0 Å². The van der Waals surface area contributed by atoms with Crippen LogP contribution in [0.25, 0.3) is 0 Å². The Morgan fingerprint density at radius 1 is 0.880 bits per heavy atom. The molecule has 0 bridgehead atoms. The molecule has 0 spiro atoms. The van der Waals surface area contributed by atoms with Crippen LogP contribution in [0.5, 0.6) is 5.75 Å². The summed E-state index contributed by atoms with van der Waals surface area (Å²) < 4.78 is 5.90. The zero-order valence-corrected chi connectivity index (χ0v) is 13.9. The third-order valence-corrected chi connectivity index (χ3v) is 4.35. The molecule has 2 N–H and O–H groups in total. The molecule has 3 aromatic carbocycles. The Morgan fingerprint density at radius 2 is 1.64 bits per heavy atom. The smallest absolute Gasteiger partial charge is 0.197 e. The predicted molar refractivity (Wildman–Crippen MR) is 99.9 cm³/mol. The fraction of sp³-hybridized carbons (Fsp3) is 0.0952. The Balaban J connectivity index is 1.68. The first kappa shape index (κ1) is 15.3. The minimum atomic E-state index is 0.00488. The maximum atomic E-state index is 12.8. The number of nitrogens with one attached hydrogen (secondary N) is 2. The number of benzene rings is 3. The van der Waals surface area contributed by atoms with Crippen molar-refractivity contribution < 1.29 is 9.53 Å². The van der Waals surface area contributed by atoms with Crippen molar-refractivity contribution in [3.63, 3.8) is 0 Å². The second-order valence-electron chi connectivity index (χ2n) is 5.91. The van der Waals surface area contributed by atoms with E-state index in [9.17, 15) is 4.79 Å². The van der Waals surface area contributed by atoms with E-state index in [4.69, 9.17) is 4.74 Å². The first-order valence-electron chi connectivity index (χ1n) is 8.19. The van der Waals surface area contributed by atoms with Crippen LogP contribution in [-0.4, -0.2) is 12.8 Å². The SMILES string of the molecule is CNc1ccccc1Nc1ccc2c(c1)OCc1ccccc1C2=O. The van der Waals surface area contributed by atoms with Gasteiger partial charge in [0.25, 0.3) is 0 Å². The number of carbonyl (C=O) groups excluding carboxylic acids is 1. The number of ketones is 1. The normalized spacial score (nSPS) is 12.4. The van der Waals surface area contributed by atoms with Gasteiger partial charge in [0.1, 0.15) is 12.4 Å². The lowest BCUT2D eigenvalue weighted by Crippen LogP contribution is -2.03. The van der Waals surface area contributed by atoms with Crippen LogP contribution < -0.4 is 15.4 Å². The lowest BCUT2D eigenvalue weighted by atomic mass is 9.99. The van der Waals surface area contributed by atoms with E-state index in [0.29, 0.717) is 23.5 Å². The maximum Gasteiger partial charge on any atom is 0.197 e. The molecule has 0 radical (unpaired) electrons. The van der Waals surface area contributed by atoms with Crippen molar-refractivity contribution in [2.75, 3.05) is 17.7 Å². The molecule has 0 saturated heterocycles. The summed E-state index contributed by atoms with van der Waals surface area (Å²) in [7, 11) is 1.89. The van der Waals surface area contributed by atoms with E-state index in [1.807, 2.05) is 73.8 Å². The van der Waals surface area contributed by atoms with Crippen molar-refractivity contribution in [1.82, 2.24) is 0 Å². The van der Waals surface area contributed by atoms with Gasteiger partial charge in [-0.1, -0.05) is 36.4 Å². The van der Waals surface area contributed by atoms with Crippen molar-refractivity contribution in [2.45, 2.75) is 6.61 Å². The average molecular weight is 330 g/mol. The molecule has 1 aliphatic rings. The van der Waals surface area contributed by atoms with Crippen molar-refractivity contribution >= 4 is 22.8 Å². The lowest BCUT2D eigenvalue weighted by Gasteiger charge is -2.13. The highest BCUT2D eigenvalue weighted by atomic mass is 16.5. The molecular weight excluding hydrogens is 312 g/mol. The van der Waals surface area contributed by atoms with Gasteiger partial charge in [-0.3, -0.25) is 4.79 Å². The van der Waals surface area contributed by atoms with E-state index >= 15 is 0 Å². The molecule has 0 aromatic heterocycles. The fourth-order valence-corrected chi connectivity index (χ4v) is 3.04. The molecule has 4 nitrogen and oxygen atoms in total. The summed E-state index contributed by atoms with van der Waals surface area (Å²) in [4.78, 5) is 12.8. The summed E-state index contributed by atoms with van der Waals surface area (Å²) >= 11 is 0. The van der Waals surface area contributed by atoms with Gasteiger partial charge in [0, 0.05) is 29.9 Å². The molecular formula is C21H18N2O2. The number of hydrogen-bond acceptors (Lipinski definition) is 4. The Labute approximate surface area is 146 Å². The van der Waals surface area contributed by atoms with Crippen LogP contribution in [0.3, 0.4) is 0 Å². The number of ether oxygens (including phenoxy) is 1. The first-order chi connectivity index (χ1) is 12.3. The van der Waals surface area contributed by atoms with E-state index in [1.54, 1.807) is 0 Å². The van der Waals surface area contributed by atoms with Crippen LogP contribution in [0.2, 0.25) is 0 Å². The van der Waals surface area contributed by atoms with Gasteiger partial charge >= 0.3 is 0 Å². The molecule has 124 valence electrons. The molecule has 0 fully saturated rings. The average Bonchev–Trinajstić information content (AvgIpc) is 2.79. The Hall–Kier alpha value is -3.27. The fourth-order valence-electron chi connectivity index (χ4n) is 3.04. The highest BCUT2D eigenvalue weighted by Gasteiger charge is 2.22. The molecule has 0 saturated carbocycles. The Kier molecular flexibility index (Phi) is 3.86. The van der Waals surface area contributed by atoms with E-state index in [0.717, 1.165) is 22.6 Å². The monoisotopic (exact) mass is 330 g/mol. The van der Waals surface area contributed by atoms with Crippen LogP contribution >= 0.6 is 0 Å². The van der Waals surface area contributed by atoms with Crippen molar-refractivity contribution in [3.8, 4) is 5.75 Å². The number of anilines is 3. The molecule has 1 heterocycles. The lowest BCUT2D eigenvalue weighted by molar-refractivity contribution is 0.103. The van der Waals surface area contributed by atoms with Gasteiger partial charge in [0.05, 0.1) is 16.9 Å². The quantitative estimate of drug-likeness (QED) is 0.737. The molecule has 3 aromatic rings. The number of hydrogen-bond donors (Lipinski definition) is 2. The van der Waals surface area contributed by atoms with E-state index < -0.39 is 0 Å². The van der Waals surface area contributed by atoms with Crippen molar-refractivity contribution in [1.29, 1.82) is 0 Å². The largest absolute Gasteiger partial charge is 0.488 e. The van der Waals surface area contributed by atoms with Gasteiger partial charge in [-0.25, -0.2) is 0 Å². The molecule has 0 amide bonds. The summed E-state index contributed by atoms with van der Waals surface area (Å²) in [5, 5.41) is 6.54. The summed E-state index contributed by atoms with van der Waals surface area (Å²) in [5.74, 6) is 0.610. The first-order valence-corrected chi connectivity index (χ1v) is 8.19. The third kappa shape index (κ3) is 2.83. The number of fused-ring (bicyclic) bond motifs is 2. The van der Waals surface area contributed by atoms with Gasteiger partial charge in [-0.05, 0) is 24.3 Å². The second kappa shape index (κ2) is 6.32. The molecule has 0 aliphatic carbocycles. The summed E-state index contributed by atoms with van der Waals surface area (Å²) in [6.07, 6.45) is 0.